The molecule has 0 spiro atoms. The number of halogens is 1. The van der Waals surface area contributed by atoms with Gasteiger partial charge in [-0.05, 0) is 24.3 Å². The lowest BCUT2D eigenvalue weighted by molar-refractivity contribution is 0.380. The van der Waals surface area contributed by atoms with Crippen molar-refractivity contribution in [1.29, 1.82) is 0 Å². The first-order valence-corrected chi connectivity index (χ1v) is 5.97. The van der Waals surface area contributed by atoms with Crippen LogP contribution in [0.1, 0.15) is 5.89 Å². The van der Waals surface area contributed by atoms with E-state index < -0.39 is 0 Å². The summed E-state index contributed by atoms with van der Waals surface area (Å²) >= 11 is 5.83. The number of nitrogens with zero attached hydrogens (tertiary/aromatic N) is 4. The van der Waals surface area contributed by atoms with Crippen molar-refractivity contribution in [3.63, 3.8) is 0 Å². The molecule has 7 heteroatoms. The lowest BCUT2D eigenvalue weighted by Crippen LogP contribution is -1.96. The minimum Gasteiger partial charge on any atom is -0.338 e. The van der Waals surface area contributed by atoms with Gasteiger partial charge in [-0.1, -0.05) is 16.8 Å². The number of hydrogen-bond acceptors (Lipinski definition) is 5. The van der Waals surface area contributed by atoms with E-state index in [-0.39, 0.29) is 6.54 Å². The maximum Gasteiger partial charge on any atom is 0.240 e. The van der Waals surface area contributed by atoms with Crippen molar-refractivity contribution in [2.24, 2.45) is 5.73 Å². The van der Waals surface area contributed by atoms with E-state index in [1.165, 1.54) is 0 Å². The molecule has 3 rings (SSSR count). The molecule has 1 aromatic carbocycles. The molecule has 0 bridgehead atoms. The Hall–Kier alpha value is -2.18. The van der Waals surface area contributed by atoms with Gasteiger partial charge in [0, 0.05) is 11.8 Å². The quantitative estimate of drug-likeness (QED) is 0.791. The molecule has 3 aromatic rings. The largest absolute Gasteiger partial charge is 0.338 e. The highest BCUT2D eigenvalue weighted by Crippen LogP contribution is 2.18. The third-order valence-corrected chi connectivity index (χ3v) is 2.78. The Bertz CT molecular complexity index is 688. The highest BCUT2D eigenvalue weighted by Gasteiger charge is 2.07. The van der Waals surface area contributed by atoms with E-state index >= 15 is 0 Å². The zero-order chi connectivity index (χ0) is 13.2. The second-order valence-corrected chi connectivity index (χ2v) is 4.30. The van der Waals surface area contributed by atoms with E-state index in [1.807, 2.05) is 24.3 Å². The molecule has 0 fully saturated rings. The van der Waals surface area contributed by atoms with Gasteiger partial charge in [0.1, 0.15) is 0 Å². The molecular formula is C12H10ClN5O. The van der Waals surface area contributed by atoms with Gasteiger partial charge in [0.05, 0.1) is 23.5 Å². The molecule has 0 atom stereocenters. The normalized spacial score (nSPS) is 10.8. The first-order chi connectivity index (χ1) is 9.26. The molecule has 2 N–H and O–H groups in total. The van der Waals surface area contributed by atoms with Crippen LogP contribution in [-0.4, -0.2) is 19.9 Å². The zero-order valence-electron chi connectivity index (χ0n) is 9.82. The molecule has 0 aliphatic carbocycles. The van der Waals surface area contributed by atoms with Crippen molar-refractivity contribution >= 4 is 11.6 Å². The summed E-state index contributed by atoms with van der Waals surface area (Å²) in [4.78, 5) is 4.16. The Labute approximate surface area is 113 Å². The van der Waals surface area contributed by atoms with Crippen molar-refractivity contribution in [2.45, 2.75) is 6.54 Å². The number of nitrogens with two attached hydrogens (primary N) is 1. The molecule has 0 saturated carbocycles. The second kappa shape index (κ2) is 4.83. The van der Waals surface area contributed by atoms with Crippen molar-refractivity contribution in [1.82, 2.24) is 19.9 Å². The van der Waals surface area contributed by atoms with Gasteiger partial charge in [0.15, 0.2) is 0 Å². The lowest BCUT2D eigenvalue weighted by Gasteiger charge is -2.01. The minimum absolute atomic E-state index is 0.233. The average molecular weight is 276 g/mol. The Morgan fingerprint density at radius 3 is 2.63 bits per heavy atom. The monoisotopic (exact) mass is 275 g/mol. The maximum absolute atomic E-state index is 5.83. The number of aromatic nitrogens is 4. The number of hydrogen-bond donors (Lipinski definition) is 1. The summed E-state index contributed by atoms with van der Waals surface area (Å²) < 4.78 is 6.65. The molecule has 19 heavy (non-hydrogen) atoms. The fourth-order valence-electron chi connectivity index (χ4n) is 1.66. The van der Waals surface area contributed by atoms with Crippen LogP contribution in [0.4, 0.5) is 0 Å². The van der Waals surface area contributed by atoms with Crippen molar-refractivity contribution in [2.75, 3.05) is 0 Å². The number of rotatable bonds is 3. The lowest BCUT2D eigenvalue weighted by atomic mass is 10.2. The van der Waals surface area contributed by atoms with E-state index in [0.29, 0.717) is 16.7 Å². The fraction of sp³-hybridized carbons (Fsp3) is 0.0833. The highest BCUT2D eigenvalue weighted by atomic mass is 35.5. The van der Waals surface area contributed by atoms with Gasteiger partial charge in [0.2, 0.25) is 11.7 Å². The summed E-state index contributed by atoms with van der Waals surface area (Å²) in [5.41, 5.74) is 7.18. The smallest absolute Gasteiger partial charge is 0.240 e. The molecule has 2 heterocycles. The minimum atomic E-state index is 0.233. The van der Waals surface area contributed by atoms with Crippen LogP contribution in [0.2, 0.25) is 5.02 Å². The van der Waals surface area contributed by atoms with E-state index in [4.69, 9.17) is 21.9 Å². The Kier molecular flexibility index (Phi) is 3.02. The van der Waals surface area contributed by atoms with Crippen LogP contribution in [0.5, 0.6) is 0 Å². The summed E-state index contributed by atoms with van der Waals surface area (Å²) in [5, 5.41) is 8.57. The van der Waals surface area contributed by atoms with Crippen molar-refractivity contribution < 1.29 is 4.52 Å². The summed E-state index contributed by atoms with van der Waals surface area (Å²) in [7, 11) is 0. The van der Waals surface area contributed by atoms with Gasteiger partial charge in [-0.25, -0.2) is 4.68 Å². The second-order valence-electron chi connectivity index (χ2n) is 3.87. The summed E-state index contributed by atoms with van der Waals surface area (Å²) in [6.07, 6.45) is 3.32. The number of benzene rings is 1. The van der Waals surface area contributed by atoms with Gasteiger partial charge in [0.25, 0.3) is 0 Å². The first-order valence-electron chi connectivity index (χ1n) is 5.60. The van der Waals surface area contributed by atoms with Gasteiger partial charge < -0.3 is 10.3 Å². The molecule has 0 saturated heterocycles. The fourth-order valence-corrected chi connectivity index (χ4v) is 1.80. The van der Waals surface area contributed by atoms with Crippen LogP contribution in [0.3, 0.4) is 0 Å². The summed E-state index contributed by atoms with van der Waals surface area (Å²) in [6.45, 7) is 0.233. The van der Waals surface area contributed by atoms with Crippen LogP contribution in [0, 0.1) is 0 Å². The van der Waals surface area contributed by atoms with Crippen LogP contribution >= 0.6 is 11.6 Å². The van der Waals surface area contributed by atoms with Gasteiger partial charge in [-0.2, -0.15) is 10.1 Å². The molecule has 0 radical (unpaired) electrons. The summed E-state index contributed by atoms with van der Waals surface area (Å²) in [5.74, 6) is 0.934. The molecule has 6 nitrogen and oxygen atoms in total. The van der Waals surface area contributed by atoms with E-state index in [9.17, 15) is 0 Å². The Morgan fingerprint density at radius 2 is 2.05 bits per heavy atom. The SMILES string of the molecule is NCc1nc(-c2ccc(-n3cc(Cl)cn3)cc2)no1. The maximum atomic E-state index is 5.83. The molecule has 0 unspecified atom stereocenters. The van der Waals surface area contributed by atoms with Crippen LogP contribution in [0.25, 0.3) is 17.1 Å². The summed E-state index contributed by atoms with van der Waals surface area (Å²) in [6, 6.07) is 7.57. The molecule has 0 aliphatic rings. The standard InChI is InChI=1S/C12H10ClN5O/c13-9-6-15-18(7-9)10-3-1-8(2-4-10)12-16-11(5-14)19-17-12/h1-4,6-7H,5,14H2. The van der Waals surface area contributed by atoms with E-state index in [1.54, 1.807) is 17.1 Å². The average Bonchev–Trinajstić information content (AvgIpc) is 3.07. The third kappa shape index (κ3) is 2.35. The Morgan fingerprint density at radius 1 is 1.26 bits per heavy atom. The predicted molar refractivity (Wildman–Crippen MR) is 69.8 cm³/mol. The molecule has 0 aliphatic heterocycles. The molecule has 96 valence electrons. The molecule has 2 aromatic heterocycles. The van der Waals surface area contributed by atoms with Crippen LogP contribution in [-0.2, 0) is 6.54 Å². The highest BCUT2D eigenvalue weighted by molar-refractivity contribution is 6.30. The molecular weight excluding hydrogens is 266 g/mol. The third-order valence-electron chi connectivity index (χ3n) is 2.58. The predicted octanol–water partition coefficient (Wildman–Crippen LogP) is 2.03. The van der Waals surface area contributed by atoms with Crippen LogP contribution in [0.15, 0.2) is 41.2 Å². The Balaban J connectivity index is 1.90. The van der Waals surface area contributed by atoms with E-state index in [2.05, 4.69) is 15.2 Å². The zero-order valence-corrected chi connectivity index (χ0v) is 10.6. The molecule has 0 amide bonds. The van der Waals surface area contributed by atoms with E-state index in [0.717, 1.165) is 11.3 Å². The van der Waals surface area contributed by atoms with Gasteiger partial charge >= 0.3 is 0 Å². The first kappa shape index (κ1) is 11.9. The van der Waals surface area contributed by atoms with Crippen molar-refractivity contribution in [3.05, 3.63) is 47.6 Å². The van der Waals surface area contributed by atoms with Gasteiger partial charge in [-0.3, -0.25) is 0 Å². The van der Waals surface area contributed by atoms with Crippen molar-refractivity contribution in [3.8, 4) is 17.1 Å². The topological polar surface area (TPSA) is 82.8 Å². The van der Waals surface area contributed by atoms with Gasteiger partial charge in [-0.15, -0.1) is 0 Å². The van der Waals surface area contributed by atoms with Crippen LogP contribution < -0.4 is 5.73 Å².